The van der Waals surface area contributed by atoms with Gasteiger partial charge in [-0.15, -0.1) is 12.4 Å². The van der Waals surface area contributed by atoms with Crippen LogP contribution in [0.1, 0.15) is 36.0 Å². The molecule has 1 aliphatic carbocycles. The zero-order chi connectivity index (χ0) is 14.9. The third-order valence-corrected chi connectivity index (χ3v) is 4.37. The molecule has 22 heavy (non-hydrogen) atoms. The number of carbonyl (C=O) groups excluding carboxylic acids is 2. The second kappa shape index (κ2) is 6.67. The molecule has 1 aliphatic heterocycles. The van der Waals surface area contributed by atoms with E-state index in [1.807, 2.05) is 23.1 Å². The van der Waals surface area contributed by atoms with Crippen LogP contribution >= 0.6 is 12.4 Å². The van der Waals surface area contributed by atoms with Crippen molar-refractivity contribution in [1.82, 2.24) is 10.2 Å². The van der Waals surface area contributed by atoms with Gasteiger partial charge in [-0.3, -0.25) is 9.59 Å². The van der Waals surface area contributed by atoms with E-state index in [1.54, 1.807) is 12.1 Å². The number of halogens is 1. The van der Waals surface area contributed by atoms with Crippen molar-refractivity contribution in [1.29, 1.82) is 0 Å². The first-order chi connectivity index (χ1) is 10.1. The van der Waals surface area contributed by atoms with E-state index >= 15 is 0 Å². The SMILES string of the molecule is Cl.NC1CCN(C(=O)C2(NC(=O)c3ccccc3)CC2)CC1. The molecule has 5 nitrogen and oxygen atoms in total. The number of piperidine rings is 1. The molecular formula is C16H22ClN3O2. The Bertz CT molecular complexity index is 538. The molecule has 0 unspecified atom stereocenters. The highest BCUT2D eigenvalue weighted by molar-refractivity contribution is 6.00. The first-order valence-corrected chi connectivity index (χ1v) is 7.53. The predicted molar refractivity (Wildman–Crippen MR) is 86.9 cm³/mol. The molecule has 0 spiro atoms. The van der Waals surface area contributed by atoms with Gasteiger partial charge in [-0.05, 0) is 37.8 Å². The van der Waals surface area contributed by atoms with Gasteiger partial charge in [-0.25, -0.2) is 0 Å². The molecule has 0 atom stereocenters. The smallest absolute Gasteiger partial charge is 0.252 e. The molecule has 0 radical (unpaired) electrons. The number of nitrogens with two attached hydrogens (primary N) is 1. The Morgan fingerprint density at radius 2 is 1.73 bits per heavy atom. The van der Waals surface area contributed by atoms with Crippen LogP contribution in [-0.4, -0.2) is 41.4 Å². The van der Waals surface area contributed by atoms with Crippen LogP contribution < -0.4 is 11.1 Å². The summed E-state index contributed by atoms with van der Waals surface area (Å²) in [5, 5.41) is 2.93. The molecule has 1 aromatic carbocycles. The first kappa shape index (κ1) is 16.8. The normalized spacial score (nSPS) is 20.0. The van der Waals surface area contributed by atoms with Crippen LogP contribution in [0.3, 0.4) is 0 Å². The quantitative estimate of drug-likeness (QED) is 0.881. The van der Waals surface area contributed by atoms with E-state index in [2.05, 4.69) is 5.32 Å². The number of nitrogens with zero attached hydrogens (tertiary/aromatic N) is 1. The summed E-state index contributed by atoms with van der Waals surface area (Å²) < 4.78 is 0. The molecule has 1 aromatic rings. The Morgan fingerprint density at radius 3 is 2.27 bits per heavy atom. The topological polar surface area (TPSA) is 75.4 Å². The van der Waals surface area contributed by atoms with Crippen molar-refractivity contribution < 1.29 is 9.59 Å². The minimum absolute atomic E-state index is 0. The fourth-order valence-electron chi connectivity index (χ4n) is 2.80. The Kier molecular flexibility index (Phi) is 5.08. The van der Waals surface area contributed by atoms with Crippen molar-refractivity contribution in [3.63, 3.8) is 0 Å². The van der Waals surface area contributed by atoms with Gasteiger partial charge in [-0.1, -0.05) is 18.2 Å². The third kappa shape index (κ3) is 3.42. The third-order valence-electron chi connectivity index (χ3n) is 4.37. The highest BCUT2D eigenvalue weighted by Gasteiger charge is 2.53. The fraction of sp³-hybridized carbons (Fsp3) is 0.500. The zero-order valence-corrected chi connectivity index (χ0v) is 13.3. The van der Waals surface area contributed by atoms with Gasteiger partial charge in [0.2, 0.25) is 5.91 Å². The van der Waals surface area contributed by atoms with Crippen molar-refractivity contribution in [2.24, 2.45) is 5.73 Å². The van der Waals surface area contributed by atoms with Gasteiger partial charge in [0.05, 0.1) is 0 Å². The maximum atomic E-state index is 12.6. The Labute approximate surface area is 136 Å². The van der Waals surface area contributed by atoms with E-state index in [4.69, 9.17) is 5.73 Å². The van der Waals surface area contributed by atoms with Gasteiger partial charge in [-0.2, -0.15) is 0 Å². The van der Waals surface area contributed by atoms with E-state index in [0.29, 0.717) is 18.7 Å². The standard InChI is InChI=1S/C16H21N3O2.ClH/c17-13-6-10-19(11-7-13)15(21)16(8-9-16)18-14(20)12-4-2-1-3-5-12;/h1-5,13H,6-11,17H2,(H,18,20);1H. The van der Waals surface area contributed by atoms with Gasteiger partial charge in [0.1, 0.15) is 5.54 Å². The highest BCUT2D eigenvalue weighted by atomic mass is 35.5. The predicted octanol–water partition coefficient (Wildman–Crippen LogP) is 1.32. The number of rotatable bonds is 3. The van der Waals surface area contributed by atoms with Crippen LogP contribution in [0.4, 0.5) is 0 Å². The van der Waals surface area contributed by atoms with E-state index in [9.17, 15) is 9.59 Å². The minimum atomic E-state index is -0.672. The molecule has 0 bridgehead atoms. The first-order valence-electron chi connectivity index (χ1n) is 7.53. The lowest BCUT2D eigenvalue weighted by Gasteiger charge is -2.33. The number of benzene rings is 1. The van der Waals surface area contributed by atoms with Crippen LogP contribution in [-0.2, 0) is 4.79 Å². The minimum Gasteiger partial charge on any atom is -0.341 e. The molecule has 2 aliphatic rings. The summed E-state index contributed by atoms with van der Waals surface area (Å²) in [7, 11) is 0. The molecule has 3 N–H and O–H groups in total. The van der Waals surface area contributed by atoms with Gasteiger partial charge in [0.15, 0.2) is 0 Å². The molecule has 0 aromatic heterocycles. The lowest BCUT2D eigenvalue weighted by molar-refractivity contribution is -0.135. The van der Waals surface area contributed by atoms with Crippen LogP contribution in [0.5, 0.6) is 0 Å². The maximum absolute atomic E-state index is 12.6. The van der Waals surface area contributed by atoms with Gasteiger partial charge in [0.25, 0.3) is 5.91 Å². The molecule has 3 rings (SSSR count). The van der Waals surface area contributed by atoms with Crippen LogP contribution in [0, 0.1) is 0 Å². The molecule has 6 heteroatoms. The van der Waals surface area contributed by atoms with Crippen molar-refractivity contribution in [3.8, 4) is 0 Å². The Morgan fingerprint density at radius 1 is 1.14 bits per heavy atom. The average Bonchev–Trinajstić information content (AvgIpc) is 3.29. The van der Waals surface area contributed by atoms with Crippen LogP contribution in [0.2, 0.25) is 0 Å². The molecule has 2 amide bonds. The largest absolute Gasteiger partial charge is 0.341 e. The maximum Gasteiger partial charge on any atom is 0.252 e. The molecule has 120 valence electrons. The molecule has 1 saturated carbocycles. The molecular weight excluding hydrogens is 302 g/mol. The number of amides is 2. The molecule has 2 fully saturated rings. The van der Waals surface area contributed by atoms with Crippen molar-refractivity contribution in [2.45, 2.75) is 37.3 Å². The van der Waals surface area contributed by atoms with Crippen molar-refractivity contribution in [2.75, 3.05) is 13.1 Å². The van der Waals surface area contributed by atoms with Crippen LogP contribution in [0.25, 0.3) is 0 Å². The van der Waals surface area contributed by atoms with Crippen molar-refractivity contribution in [3.05, 3.63) is 35.9 Å². The lowest BCUT2D eigenvalue weighted by Crippen LogP contribution is -2.53. The Balaban J connectivity index is 0.00000176. The number of likely N-dealkylation sites (tertiary alicyclic amines) is 1. The number of nitrogens with one attached hydrogen (secondary N) is 1. The van der Waals surface area contributed by atoms with Gasteiger partial charge < -0.3 is 16.0 Å². The highest BCUT2D eigenvalue weighted by Crippen LogP contribution is 2.38. The summed E-state index contributed by atoms with van der Waals surface area (Å²) in [6.07, 6.45) is 3.14. The lowest BCUT2D eigenvalue weighted by atomic mass is 10.0. The van der Waals surface area contributed by atoms with Crippen molar-refractivity contribution >= 4 is 24.2 Å². The summed E-state index contributed by atoms with van der Waals surface area (Å²) in [6.45, 7) is 1.39. The zero-order valence-electron chi connectivity index (χ0n) is 12.5. The van der Waals surface area contributed by atoms with E-state index < -0.39 is 5.54 Å². The van der Waals surface area contributed by atoms with E-state index in [1.165, 1.54) is 0 Å². The van der Waals surface area contributed by atoms with E-state index in [0.717, 1.165) is 25.7 Å². The monoisotopic (exact) mass is 323 g/mol. The number of carbonyl (C=O) groups is 2. The van der Waals surface area contributed by atoms with Gasteiger partial charge >= 0.3 is 0 Å². The Hall–Kier alpha value is -1.59. The van der Waals surface area contributed by atoms with Crippen LogP contribution in [0.15, 0.2) is 30.3 Å². The summed E-state index contributed by atoms with van der Waals surface area (Å²) in [6, 6.07) is 9.23. The molecule has 1 saturated heterocycles. The number of hydrogen-bond acceptors (Lipinski definition) is 3. The molecule has 1 heterocycles. The summed E-state index contributed by atoms with van der Waals surface area (Å²) >= 11 is 0. The van der Waals surface area contributed by atoms with E-state index in [-0.39, 0.29) is 30.3 Å². The summed E-state index contributed by atoms with van der Waals surface area (Å²) in [5.41, 5.74) is 5.79. The average molecular weight is 324 g/mol. The number of hydrogen-bond donors (Lipinski definition) is 2. The second-order valence-electron chi connectivity index (χ2n) is 6.03. The fourth-order valence-corrected chi connectivity index (χ4v) is 2.80. The second-order valence-corrected chi connectivity index (χ2v) is 6.03. The summed E-state index contributed by atoms with van der Waals surface area (Å²) in [5.74, 6) is -0.117. The summed E-state index contributed by atoms with van der Waals surface area (Å²) in [4.78, 5) is 26.7. The van der Waals surface area contributed by atoms with Gasteiger partial charge in [0, 0.05) is 24.7 Å².